The Hall–Kier alpha value is -2.79. The largest absolute Gasteiger partial charge is 0.507 e. The Morgan fingerprint density at radius 2 is 2.08 bits per heavy atom. The number of benzene rings is 1. The highest BCUT2D eigenvalue weighted by Crippen LogP contribution is 2.31. The van der Waals surface area contributed by atoms with Crippen molar-refractivity contribution in [3.63, 3.8) is 0 Å². The van der Waals surface area contributed by atoms with Crippen molar-refractivity contribution in [1.82, 2.24) is 4.48 Å². The molecule has 5 heteroatoms. The molecule has 1 aromatic carbocycles. The van der Waals surface area contributed by atoms with Gasteiger partial charge in [0.1, 0.15) is 5.75 Å². The summed E-state index contributed by atoms with van der Waals surface area (Å²) >= 11 is 0. The number of nitrogens with zero attached hydrogens (tertiary/aromatic N) is 2. The zero-order chi connectivity index (χ0) is 18.7. The fourth-order valence-corrected chi connectivity index (χ4v) is 3.08. The lowest BCUT2D eigenvalue weighted by atomic mass is 10.0. The molecule has 0 bridgehead atoms. The third-order valence-corrected chi connectivity index (χ3v) is 4.36. The number of nitrogens with two attached hydrogens (primary N) is 1. The van der Waals surface area contributed by atoms with Gasteiger partial charge in [-0.1, -0.05) is 11.6 Å². The van der Waals surface area contributed by atoms with Crippen LogP contribution >= 0.6 is 0 Å². The molecule has 3 N–H and O–H groups in total. The predicted octanol–water partition coefficient (Wildman–Crippen LogP) is 3.61. The topological polar surface area (TPSA) is 63.5 Å². The highest BCUT2D eigenvalue weighted by molar-refractivity contribution is 6.11. The molecule has 0 saturated carbocycles. The van der Waals surface area contributed by atoms with E-state index in [1.807, 2.05) is 62.5 Å². The van der Waals surface area contributed by atoms with Crippen LogP contribution in [-0.2, 0) is 0 Å². The van der Waals surface area contributed by atoms with E-state index < -0.39 is 0 Å². The SMILES string of the molecule is [B]n1cccc1/C(CCN)=C1N=C(/C=C/c2cc(C)ccc2O)C=C\1C. The van der Waals surface area contributed by atoms with Crippen molar-refractivity contribution in [2.75, 3.05) is 6.54 Å². The molecule has 0 aliphatic carbocycles. The smallest absolute Gasteiger partial charge is 0.234 e. The minimum absolute atomic E-state index is 0.256. The van der Waals surface area contributed by atoms with Crippen LogP contribution in [0, 0.1) is 6.92 Å². The summed E-state index contributed by atoms with van der Waals surface area (Å²) in [5.74, 6) is 0.256. The molecule has 0 fully saturated rings. The fraction of sp³-hybridized carbons (Fsp3) is 0.190. The second-order valence-electron chi connectivity index (χ2n) is 6.43. The molecule has 1 aliphatic rings. The summed E-state index contributed by atoms with van der Waals surface area (Å²) in [4.78, 5) is 4.76. The second-order valence-corrected chi connectivity index (χ2v) is 6.43. The third-order valence-electron chi connectivity index (χ3n) is 4.36. The first-order valence-electron chi connectivity index (χ1n) is 8.60. The van der Waals surface area contributed by atoms with Crippen LogP contribution in [0.5, 0.6) is 5.75 Å². The number of hydrogen-bond acceptors (Lipinski definition) is 3. The maximum Gasteiger partial charge on any atom is 0.234 e. The Bertz CT molecular complexity index is 948. The molecular formula is C21H22BN3O. The molecule has 4 nitrogen and oxygen atoms in total. The van der Waals surface area contributed by atoms with Crippen LogP contribution < -0.4 is 5.73 Å². The molecule has 2 aromatic rings. The Morgan fingerprint density at radius 3 is 2.77 bits per heavy atom. The van der Waals surface area contributed by atoms with Crippen LogP contribution in [0.2, 0.25) is 0 Å². The quantitative estimate of drug-likeness (QED) is 0.815. The molecule has 0 saturated heterocycles. The van der Waals surface area contributed by atoms with Crippen molar-refractivity contribution >= 4 is 25.3 Å². The molecule has 1 aromatic heterocycles. The number of phenolic OH excluding ortho intramolecular Hbond substituents is 1. The average Bonchev–Trinajstić information content (AvgIpc) is 3.19. The zero-order valence-electron chi connectivity index (χ0n) is 15.1. The summed E-state index contributed by atoms with van der Waals surface area (Å²) in [7, 11) is 6.02. The first-order valence-corrected chi connectivity index (χ1v) is 8.60. The number of aromatic hydroxyl groups is 1. The standard InChI is InChI=1S/C21H22BN3O/c1-14-5-8-20(26)16(12-14)6-7-17-13-15(2)21(24-17)18(9-10-23)19-4-3-11-25(19)22/h3-8,11-13,26H,9-10,23H2,1-2H3/b7-6+,21-18-. The molecule has 130 valence electrons. The van der Waals surface area contributed by atoms with Gasteiger partial charge < -0.3 is 15.3 Å². The van der Waals surface area contributed by atoms with Crippen LogP contribution in [0.1, 0.15) is 30.2 Å². The minimum Gasteiger partial charge on any atom is -0.507 e. The fourth-order valence-electron chi connectivity index (χ4n) is 3.08. The predicted molar refractivity (Wildman–Crippen MR) is 109 cm³/mol. The molecule has 0 amide bonds. The lowest BCUT2D eigenvalue weighted by molar-refractivity contribution is 0.474. The maximum absolute atomic E-state index is 9.98. The number of aryl methyl sites for hydroxylation is 1. The first kappa shape index (κ1) is 18.0. The monoisotopic (exact) mass is 343 g/mol. The van der Waals surface area contributed by atoms with Gasteiger partial charge in [-0.25, -0.2) is 4.99 Å². The van der Waals surface area contributed by atoms with Crippen molar-refractivity contribution in [1.29, 1.82) is 0 Å². The Labute approximate surface area is 155 Å². The number of rotatable bonds is 5. The summed E-state index contributed by atoms with van der Waals surface area (Å²) in [5.41, 5.74) is 12.4. The van der Waals surface area contributed by atoms with Gasteiger partial charge in [0, 0.05) is 16.8 Å². The summed E-state index contributed by atoms with van der Waals surface area (Å²) in [5, 5.41) is 9.98. The zero-order valence-corrected chi connectivity index (χ0v) is 15.1. The van der Waals surface area contributed by atoms with Crippen molar-refractivity contribution in [2.24, 2.45) is 10.7 Å². The van der Waals surface area contributed by atoms with E-state index >= 15 is 0 Å². The van der Waals surface area contributed by atoms with E-state index in [9.17, 15) is 5.11 Å². The molecule has 0 atom stereocenters. The molecule has 1 aliphatic heterocycles. The van der Waals surface area contributed by atoms with Gasteiger partial charge in [-0.3, -0.25) is 0 Å². The van der Waals surface area contributed by atoms with Gasteiger partial charge in [0.25, 0.3) is 0 Å². The van der Waals surface area contributed by atoms with E-state index in [-0.39, 0.29) is 5.75 Å². The number of phenols is 1. The normalized spacial score (nSPS) is 16.1. The van der Waals surface area contributed by atoms with Crippen LogP contribution in [0.4, 0.5) is 0 Å². The van der Waals surface area contributed by atoms with E-state index in [0.717, 1.165) is 39.4 Å². The van der Waals surface area contributed by atoms with Gasteiger partial charge in [-0.2, -0.15) is 0 Å². The van der Waals surface area contributed by atoms with Gasteiger partial charge in [-0.05, 0) is 81.1 Å². The van der Waals surface area contributed by atoms with Crippen molar-refractivity contribution < 1.29 is 5.11 Å². The van der Waals surface area contributed by atoms with Gasteiger partial charge >= 0.3 is 0 Å². The van der Waals surface area contributed by atoms with Crippen LogP contribution in [0.25, 0.3) is 11.6 Å². The number of allylic oxidation sites excluding steroid dienone is 3. The number of aliphatic imine (C=N–C) groups is 1. The summed E-state index contributed by atoms with van der Waals surface area (Å²) in [6, 6.07) is 9.40. The average molecular weight is 343 g/mol. The second kappa shape index (κ2) is 7.62. The Morgan fingerprint density at radius 1 is 1.27 bits per heavy atom. The molecular weight excluding hydrogens is 321 g/mol. The van der Waals surface area contributed by atoms with Gasteiger partial charge in [0.15, 0.2) is 0 Å². The van der Waals surface area contributed by atoms with Gasteiger partial charge in [-0.15, -0.1) is 0 Å². The lowest BCUT2D eigenvalue weighted by Crippen LogP contribution is -2.05. The molecule has 3 rings (SSSR count). The van der Waals surface area contributed by atoms with Crippen molar-refractivity contribution in [3.05, 3.63) is 76.8 Å². The molecule has 2 heterocycles. The highest BCUT2D eigenvalue weighted by atomic mass is 16.3. The van der Waals surface area contributed by atoms with Crippen LogP contribution in [0.3, 0.4) is 0 Å². The first-order chi connectivity index (χ1) is 12.5. The van der Waals surface area contributed by atoms with E-state index in [1.54, 1.807) is 10.5 Å². The molecule has 0 unspecified atom stereocenters. The van der Waals surface area contributed by atoms with E-state index in [4.69, 9.17) is 18.7 Å². The highest BCUT2D eigenvalue weighted by Gasteiger charge is 2.16. The number of hydrogen-bond donors (Lipinski definition) is 2. The molecule has 0 spiro atoms. The van der Waals surface area contributed by atoms with Crippen molar-refractivity contribution in [2.45, 2.75) is 20.3 Å². The summed E-state index contributed by atoms with van der Waals surface area (Å²) in [6.45, 7) is 4.55. The third kappa shape index (κ3) is 3.73. The van der Waals surface area contributed by atoms with Gasteiger partial charge in [0.2, 0.25) is 7.98 Å². The van der Waals surface area contributed by atoms with Gasteiger partial charge in [0.05, 0.1) is 11.4 Å². The molecule has 2 radical (unpaired) electrons. The summed E-state index contributed by atoms with van der Waals surface area (Å²) < 4.78 is 1.60. The van der Waals surface area contributed by atoms with E-state index in [2.05, 4.69) is 0 Å². The number of aromatic nitrogens is 1. The van der Waals surface area contributed by atoms with Crippen LogP contribution in [0.15, 0.2) is 64.9 Å². The Kier molecular flexibility index (Phi) is 5.28. The van der Waals surface area contributed by atoms with Crippen molar-refractivity contribution in [3.8, 4) is 5.75 Å². The Balaban J connectivity index is 1.97. The van der Waals surface area contributed by atoms with Crippen LogP contribution in [-0.4, -0.2) is 29.8 Å². The van der Waals surface area contributed by atoms with E-state index in [0.29, 0.717) is 13.0 Å². The maximum atomic E-state index is 9.98. The van der Waals surface area contributed by atoms with E-state index in [1.165, 1.54) is 0 Å². The molecule has 26 heavy (non-hydrogen) atoms. The minimum atomic E-state index is 0.256. The summed E-state index contributed by atoms with van der Waals surface area (Å²) in [6.07, 6.45) is 8.32. The lowest BCUT2D eigenvalue weighted by Gasteiger charge is -2.11.